The molecule has 180 valence electrons. The predicted octanol–water partition coefficient (Wildman–Crippen LogP) is 3.40. The summed E-state index contributed by atoms with van der Waals surface area (Å²) in [7, 11) is 3.59. The molecule has 0 aliphatic carbocycles. The molecule has 0 unspecified atom stereocenters. The Morgan fingerprint density at radius 2 is 2.06 bits per heavy atom. The van der Waals surface area contributed by atoms with Crippen LogP contribution in [0.3, 0.4) is 0 Å². The molecular weight excluding hydrogens is 435 g/mol. The van der Waals surface area contributed by atoms with Crippen LogP contribution in [0.25, 0.3) is 0 Å². The zero-order valence-electron chi connectivity index (χ0n) is 19.6. The summed E-state index contributed by atoms with van der Waals surface area (Å²) >= 11 is 0. The van der Waals surface area contributed by atoms with Crippen molar-refractivity contribution in [3.63, 3.8) is 0 Å². The Morgan fingerprint density at radius 1 is 1.21 bits per heavy atom. The van der Waals surface area contributed by atoms with E-state index in [1.54, 1.807) is 25.4 Å². The van der Waals surface area contributed by atoms with Gasteiger partial charge in [0.1, 0.15) is 23.1 Å². The summed E-state index contributed by atoms with van der Waals surface area (Å²) in [6.07, 6.45) is 4.40. The van der Waals surface area contributed by atoms with Crippen molar-refractivity contribution in [2.45, 2.75) is 19.5 Å². The van der Waals surface area contributed by atoms with Crippen LogP contribution in [0, 0.1) is 17.7 Å². The third-order valence-electron chi connectivity index (χ3n) is 6.20. The molecule has 7 nitrogen and oxygen atoms in total. The van der Waals surface area contributed by atoms with E-state index in [1.807, 2.05) is 42.1 Å². The van der Waals surface area contributed by atoms with Gasteiger partial charge in [-0.05, 0) is 24.6 Å². The standard InChI is InChI=1S/C26H31FN4O3/c1-30-11-10-28-25(30)17-31-15-19(18-34-23-8-5-7-22(27)13-23)12-21(16-31)26(32)29-14-20-6-3-4-9-24(20)33-2/h3-11,13,19,21H,12,14-18H2,1-2H3,(H,29,32)/t19-,21+/m0/s1. The lowest BCUT2D eigenvalue weighted by molar-refractivity contribution is -0.128. The van der Waals surface area contributed by atoms with E-state index < -0.39 is 0 Å². The highest BCUT2D eigenvalue weighted by Crippen LogP contribution is 2.25. The molecule has 0 spiro atoms. The van der Waals surface area contributed by atoms with E-state index in [0.29, 0.717) is 38.4 Å². The number of benzene rings is 2. The number of imidazole rings is 1. The van der Waals surface area contributed by atoms with Crippen molar-refractivity contribution in [2.75, 3.05) is 26.8 Å². The molecule has 1 aromatic heterocycles. The molecule has 3 aromatic rings. The van der Waals surface area contributed by atoms with Gasteiger partial charge < -0.3 is 19.4 Å². The molecule has 2 heterocycles. The molecule has 2 atom stereocenters. The second-order valence-corrected chi connectivity index (χ2v) is 8.75. The number of nitrogens with zero attached hydrogens (tertiary/aromatic N) is 3. The molecule has 1 N–H and O–H groups in total. The van der Waals surface area contributed by atoms with E-state index in [2.05, 4.69) is 15.2 Å². The van der Waals surface area contributed by atoms with Crippen molar-refractivity contribution in [2.24, 2.45) is 18.9 Å². The van der Waals surface area contributed by atoms with Crippen molar-refractivity contribution in [3.8, 4) is 11.5 Å². The Hall–Kier alpha value is -3.39. The molecule has 8 heteroatoms. The van der Waals surface area contributed by atoms with E-state index in [4.69, 9.17) is 9.47 Å². The highest BCUT2D eigenvalue weighted by atomic mass is 19.1. The Bertz CT molecular complexity index is 1100. The van der Waals surface area contributed by atoms with Crippen LogP contribution in [-0.2, 0) is 24.9 Å². The summed E-state index contributed by atoms with van der Waals surface area (Å²) in [4.78, 5) is 19.8. The van der Waals surface area contributed by atoms with E-state index in [9.17, 15) is 9.18 Å². The molecule has 2 aromatic carbocycles. The van der Waals surface area contributed by atoms with E-state index >= 15 is 0 Å². The van der Waals surface area contributed by atoms with Gasteiger partial charge in [0.15, 0.2) is 0 Å². The minimum Gasteiger partial charge on any atom is -0.496 e. The molecule has 1 aliphatic heterocycles. The topological polar surface area (TPSA) is 68.6 Å². The van der Waals surface area contributed by atoms with Gasteiger partial charge in [-0.15, -0.1) is 0 Å². The number of amides is 1. The summed E-state index contributed by atoms with van der Waals surface area (Å²) < 4.78 is 26.8. The predicted molar refractivity (Wildman–Crippen MR) is 127 cm³/mol. The largest absolute Gasteiger partial charge is 0.496 e. The molecule has 1 amide bonds. The lowest BCUT2D eigenvalue weighted by Crippen LogP contribution is -2.47. The zero-order chi connectivity index (χ0) is 23.9. The minimum atomic E-state index is -0.328. The quantitative estimate of drug-likeness (QED) is 0.524. The van der Waals surface area contributed by atoms with Crippen molar-refractivity contribution in [3.05, 3.63) is 78.1 Å². The number of aryl methyl sites for hydroxylation is 1. The lowest BCUT2D eigenvalue weighted by Gasteiger charge is -2.37. The summed E-state index contributed by atoms with van der Waals surface area (Å²) in [6.45, 7) is 2.88. The fraction of sp³-hybridized carbons (Fsp3) is 0.385. The third kappa shape index (κ3) is 6.14. The smallest absolute Gasteiger partial charge is 0.224 e. The molecule has 0 saturated carbocycles. The van der Waals surface area contributed by atoms with Crippen molar-refractivity contribution in [1.29, 1.82) is 0 Å². The van der Waals surface area contributed by atoms with Gasteiger partial charge in [0.05, 0.1) is 26.2 Å². The highest BCUT2D eigenvalue weighted by Gasteiger charge is 2.32. The first-order chi connectivity index (χ1) is 16.5. The molecule has 1 saturated heterocycles. The SMILES string of the molecule is COc1ccccc1CNC(=O)[C@@H]1C[C@H](COc2cccc(F)c2)CN(Cc2nccn2C)C1. The van der Waals surface area contributed by atoms with Crippen LogP contribution in [0.15, 0.2) is 60.9 Å². The normalized spacial score (nSPS) is 18.4. The number of carbonyl (C=O) groups is 1. The van der Waals surface area contributed by atoms with Crippen molar-refractivity contribution in [1.82, 2.24) is 19.8 Å². The number of rotatable bonds is 9. The van der Waals surface area contributed by atoms with Crippen LogP contribution in [0.2, 0.25) is 0 Å². The van der Waals surface area contributed by atoms with E-state index in [0.717, 1.165) is 23.7 Å². The van der Waals surface area contributed by atoms with Gasteiger partial charge in [-0.3, -0.25) is 9.69 Å². The first-order valence-electron chi connectivity index (χ1n) is 11.5. The first kappa shape index (κ1) is 23.8. The maximum absolute atomic E-state index is 13.5. The van der Waals surface area contributed by atoms with Crippen molar-refractivity contribution < 1.29 is 18.7 Å². The Labute approximate surface area is 199 Å². The van der Waals surface area contributed by atoms with Crippen molar-refractivity contribution >= 4 is 5.91 Å². The summed E-state index contributed by atoms with van der Waals surface area (Å²) in [6, 6.07) is 13.8. The fourth-order valence-electron chi connectivity index (χ4n) is 4.44. The maximum Gasteiger partial charge on any atom is 0.224 e. The van der Waals surface area contributed by atoms with Crippen LogP contribution in [0.5, 0.6) is 11.5 Å². The van der Waals surface area contributed by atoms with Gasteiger partial charge in [-0.2, -0.15) is 0 Å². The lowest BCUT2D eigenvalue weighted by atomic mass is 9.88. The van der Waals surface area contributed by atoms with Gasteiger partial charge in [0.25, 0.3) is 0 Å². The minimum absolute atomic E-state index is 0.00574. The number of nitrogens with one attached hydrogen (secondary N) is 1. The number of methoxy groups -OCH3 is 1. The summed E-state index contributed by atoms with van der Waals surface area (Å²) in [5.74, 6) is 1.81. The molecule has 0 radical (unpaired) electrons. The number of aromatic nitrogens is 2. The number of likely N-dealkylation sites (tertiary alicyclic amines) is 1. The molecule has 0 bridgehead atoms. The molecular formula is C26H31FN4O3. The number of ether oxygens (including phenoxy) is 2. The van der Waals surface area contributed by atoms with Crippen LogP contribution < -0.4 is 14.8 Å². The van der Waals surface area contributed by atoms with Gasteiger partial charge in [0, 0.05) is 56.6 Å². The highest BCUT2D eigenvalue weighted by molar-refractivity contribution is 5.79. The summed E-state index contributed by atoms with van der Waals surface area (Å²) in [5.41, 5.74) is 0.935. The Kier molecular flexibility index (Phi) is 7.80. The average Bonchev–Trinajstić information content (AvgIpc) is 3.25. The van der Waals surface area contributed by atoms with Crippen LogP contribution in [0.1, 0.15) is 17.8 Å². The van der Waals surface area contributed by atoms with Crippen LogP contribution in [0.4, 0.5) is 4.39 Å². The number of para-hydroxylation sites is 1. The van der Waals surface area contributed by atoms with Crippen LogP contribution in [-0.4, -0.2) is 47.2 Å². The fourth-order valence-corrected chi connectivity index (χ4v) is 4.44. The van der Waals surface area contributed by atoms with Gasteiger partial charge >= 0.3 is 0 Å². The number of hydrogen-bond acceptors (Lipinski definition) is 5. The maximum atomic E-state index is 13.5. The number of carbonyl (C=O) groups excluding carboxylic acids is 1. The van der Waals surface area contributed by atoms with E-state index in [1.165, 1.54) is 12.1 Å². The molecule has 34 heavy (non-hydrogen) atoms. The summed E-state index contributed by atoms with van der Waals surface area (Å²) in [5, 5.41) is 3.08. The molecule has 4 rings (SSSR count). The number of halogens is 1. The molecule has 1 aliphatic rings. The first-order valence-corrected chi connectivity index (χ1v) is 11.5. The Balaban J connectivity index is 1.42. The third-order valence-corrected chi connectivity index (χ3v) is 6.20. The monoisotopic (exact) mass is 466 g/mol. The number of hydrogen-bond donors (Lipinski definition) is 1. The van der Waals surface area contributed by atoms with Gasteiger partial charge in [-0.1, -0.05) is 24.3 Å². The zero-order valence-corrected chi connectivity index (χ0v) is 19.6. The van der Waals surface area contributed by atoms with E-state index in [-0.39, 0.29) is 23.6 Å². The molecule has 1 fully saturated rings. The second kappa shape index (κ2) is 11.2. The van der Waals surface area contributed by atoms with Gasteiger partial charge in [0.2, 0.25) is 5.91 Å². The van der Waals surface area contributed by atoms with Gasteiger partial charge in [-0.25, -0.2) is 9.37 Å². The number of piperidine rings is 1. The second-order valence-electron chi connectivity index (χ2n) is 8.75. The van der Waals surface area contributed by atoms with Crippen LogP contribution >= 0.6 is 0 Å². The average molecular weight is 467 g/mol. The Morgan fingerprint density at radius 3 is 2.82 bits per heavy atom.